The van der Waals surface area contributed by atoms with E-state index in [1.165, 1.54) is 31.2 Å². The topological polar surface area (TPSA) is 67.1 Å². The molecular formula is C20H30N6. The molecule has 6 heteroatoms. The molecule has 1 heterocycles. The van der Waals surface area contributed by atoms with E-state index in [-0.39, 0.29) is 0 Å². The van der Waals surface area contributed by atoms with Crippen molar-refractivity contribution in [3.63, 3.8) is 0 Å². The predicted octanol–water partition coefficient (Wildman–Crippen LogP) is 2.94. The van der Waals surface area contributed by atoms with Crippen LogP contribution >= 0.6 is 0 Å². The Morgan fingerprint density at radius 3 is 2.54 bits per heavy atom. The fraction of sp³-hybridized carbons (Fsp3) is 0.550. The van der Waals surface area contributed by atoms with Crippen molar-refractivity contribution in [2.24, 2.45) is 18.0 Å². The summed E-state index contributed by atoms with van der Waals surface area (Å²) in [6, 6.07) is 10.8. The van der Waals surface area contributed by atoms with Gasteiger partial charge >= 0.3 is 0 Å². The number of nitrogens with one attached hydrogen (secondary N) is 2. The van der Waals surface area contributed by atoms with Gasteiger partial charge < -0.3 is 15.2 Å². The Bertz CT molecular complexity index is 713. The highest BCUT2D eigenvalue weighted by atomic mass is 15.3. The highest BCUT2D eigenvalue weighted by molar-refractivity contribution is 5.80. The molecule has 1 fully saturated rings. The lowest BCUT2D eigenvalue weighted by molar-refractivity contribution is 0.329. The normalized spacial score (nSPS) is 20.8. The summed E-state index contributed by atoms with van der Waals surface area (Å²) in [6.07, 6.45) is 4.98. The van der Waals surface area contributed by atoms with E-state index < -0.39 is 0 Å². The van der Waals surface area contributed by atoms with Crippen LogP contribution in [0, 0.1) is 12.8 Å². The lowest BCUT2D eigenvalue weighted by Gasteiger charge is -2.28. The number of aromatic nitrogens is 3. The third kappa shape index (κ3) is 5.07. The summed E-state index contributed by atoms with van der Waals surface area (Å²) in [4.78, 5) is 4.80. The Morgan fingerprint density at radius 2 is 1.88 bits per heavy atom. The lowest BCUT2D eigenvalue weighted by Crippen LogP contribution is -2.44. The van der Waals surface area contributed by atoms with Crippen LogP contribution in [0.5, 0.6) is 0 Å². The number of aliphatic imine (C=N–C) groups is 1. The van der Waals surface area contributed by atoms with E-state index in [0.29, 0.717) is 19.1 Å². The van der Waals surface area contributed by atoms with Crippen molar-refractivity contribution >= 4 is 5.96 Å². The minimum atomic E-state index is 0.495. The second-order valence-corrected chi connectivity index (χ2v) is 7.33. The average Bonchev–Trinajstić information content (AvgIpc) is 2.98. The van der Waals surface area contributed by atoms with Crippen molar-refractivity contribution in [3.05, 3.63) is 47.5 Å². The molecule has 0 amide bonds. The molecule has 2 aromatic rings. The van der Waals surface area contributed by atoms with Crippen molar-refractivity contribution in [3.8, 4) is 0 Å². The first-order valence-electron chi connectivity index (χ1n) is 9.55. The summed E-state index contributed by atoms with van der Waals surface area (Å²) in [5.74, 6) is 3.52. The standard InChI is InChI=1S/C20H30N6/c1-15-9-11-18(12-10-15)23-20(21-13-17-7-5-4-6-8-17)22-14-19-25-24-16(2)26(19)3/h4-8,15,18H,9-14H2,1-3H3,(H2,21,22,23). The smallest absolute Gasteiger partial charge is 0.192 e. The Morgan fingerprint density at radius 1 is 1.15 bits per heavy atom. The fourth-order valence-electron chi connectivity index (χ4n) is 3.27. The second-order valence-electron chi connectivity index (χ2n) is 7.33. The third-order valence-electron chi connectivity index (χ3n) is 5.22. The van der Waals surface area contributed by atoms with Gasteiger partial charge in [0.15, 0.2) is 11.8 Å². The van der Waals surface area contributed by atoms with Gasteiger partial charge in [0, 0.05) is 13.1 Å². The van der Waals surface area contributed by atoms with Crippen molar-refractivity contribution in [2.45, 2.75) is 58.7 Å². The predicted molar refractivity (Wildman–Crippen MR) is 105 cm³/mol. The van der Waals surface area contributed by atoms with Gasteiger partial charge in [-0.15, -0.1) is 10.2 Å². The number of aryl methyl sites for hydroxylation is 1. The van der Waals surface area contributed by atoms with E-state index in [2.05, 4.69) is 52.0 Å². The van der Waals surface area contributed by atoms with Gasteiger partial charge in [-0.3, -0.25) is 0 Å². The highest BCUT2D eigenvalue weighted by Gasteiger charge is 2.19. The molecule has 0 spiro atoms. The molecule has 0 aliphatic heterocycles. The SMILES string of the molecule is Cc1nnc(CNC(=NCc2ccccc2)NC2CCC(C)CC2)n1C. The van der Waals surface area contributed by atoms with Gasteiger partial charge in [0.05, 0.1) is 13.1 Å². The molecule has 2 N–H and O–H groups in total. The Balaban J connectivity index is 1.65. The van der Waals surface area contributed by atoms with Gasteiger partial charge in [-0.25, -0.2) is 4.99 Å². The number of nitrogens with zero attached hydrogens (tertiary/aromatic N) is 4. The largest absolute Gasteiger partial charge is 0.354 e. The maximum absolute atomic E-state index is 4.80. The molecular weight excluding hydrogens is 324 g/mol. The van der Waals surface area contributed by atoms with Gasteiger partial charge in [0.2, 0.25) is 0 Å². The quantitative estimate of drug-likeness (QED) is 0.640. The maximum atomic E-state index is 4.80. The number of rotatable bonds is 5. The molecule has 3 rings (SSSR count). The Kier molecular flexibility index (Phi) is 6.26. The van der Waals surface area contributed by atoms with Crippen LogP contribution in [0.15, 0.2) is 35.3 Å². The van der Waals surface area contributed by atoms with Crippen molar-refractivity contribution < 1.29 is 0 Å². The summed E-state index contributed by atoms with van der Waals surface area (Å²) in [7, 11) is 1.99. The molecule has 6 nitrogen and oxygen atoms in total. The van der Waals surface area contributed by atoms with Crippen LogP contribution in [0.1, 0.15) is 49.8 Å². The molecule has 26 heavy (non-hydrogen) atoms. The summed E-state index contributed by atoms with van der Waals surface area (Å²) in [5, 5.41) is 15.4. The molecule has 1 aromatic heterocycles. The number of guanidine groups is 1. The van der Waals surface area contributed by atoms with E-state index in [9.17, 15) is 0 Å². The Labute approximate surface area is 156 Å². The van der Waals surface area contributed by atoms with Crippen LogP contribution in [0.3, 0.4) is 0 Å². The Hall–Kier alpha value is -2.37. The summed E-state index contributed by atoms with van der Waals surface area (Å²) < 4.78 is 2.00. The van der Waals surface area contributed by atoms with Crippen molar-refractivity contribution in [1.82, 2.24) is 25.4 Å². The van der Waals surface area contributed by atoms with Crippen molar-refractivity contribution in [2.75, 3.05) is 0 Å². The fourth-order valence-corrected chi connectivity index (χ4v) is 3.27. The number of hydrogen-bond donors (Lipinski definition) is 2. The lowest BCUT2D eigenvalue weighted by atomic mass is 9.87. The minimum absolute atomic E-state index is 0.495. The summed E-state index contributed by atoms with van der Waals surface area (Å²) >= 11 is 0. The molecule has 1 aromatic carbocycles. The molecule has 0 bridgehead atoms. The molecule has 0 unspecified atom stereocenters. The van der Waals surface area contributed by atoms with Crippen LogP contribution < -0.4 is 10.6 Å². The van der Waals surface area contributed by atoms with Crippen LogP contribution in [0.25, 0.3) is 0 Å². The summed E-state index contributed by atoms with van der Waals surface area (Å²) in [5.41, 5.74) is 1.21. The van der Waals surface area contributed by atoms with E-state index in [4.69, 9.17) is 4.99 Å². The van der Waals surface area contributed by atoms with Crippen LogP contribution in [-0.4, -0.2) is 26.8 Å². The van der Waals surface area contributed by atoms with E-state index >= 15 is 0 Å². The van der Waals surface area contributed by atoms with Gasteiger partial charge in [-0.2, -0.15) is 0 Å². The highest BCUT2D eigenvalue weighted by Crippen LogP contribution is 2.23. The molecule has 0 saturated heterocycles. The van der Waals surface area contributed by atoms with Crippen molar-refractivity contribution in [1.29, 1.82) is 0 Å². The van der Waals surface area contributed by atoms with E-state index in [1.807, 2.05) is 24.6 Å². The maximum Gasteiger partial charge on any atom is 0.192 e. The first kappa shape index (κ1) is 18.4. The van der Waals surface area contributed by atoms with E-state index in [1.54, 1.807) is 0 Å². The molecule has 140 valence electrons. The molecule has 1 aliphatic carbocycles. The minimum Gasteiger partial charge on any atom is -0.354 e. The van der Waals surface area contributed by atoms with Crippen LogP contribution in [0.2, 0.25) is 0 Å². The second kappa shape index (κ2) is 8.83. The third-order valence-corrected chi connectivity index (χ3v) is 5.22. The first-order chi connectivity index (χ1) is 12.6. The van der Waals surface area contributed by atoms with Gasteiger partial charge in [-0.1, -0.05) is 37.3 Å². The zero-order valence-electron chi connectivity index (χ0n) is 16.1. The van der Waals surface area contributed by atoms with Crippen LogP contribution in [0.4, 0.5) is 0 Å². The molecule has 0 radical (unpaired) electrons. The van der Waals surface area contributed by atoms with Gasteiger partial charge in [-0.05, 0) is 44.1 Å². The molecule has 0 atom stereocenters. The van der Waals surface area contributed by atoms with Crippen LogP contribution in [-0.2, 0) is 20.1 Å². The average molecular weight is 355 g/mol. The monoisotopic (exact) mass is 354 g/mol. The first-order valence-corrected chi connectivity index (χ1v) is 9.55. The molecule has 1 aliphatic rings. The zero-order valence-corrected chi connectivity index (χ0v) is 16.1. The van der Waals surface area contributed by atoms with E-state index in [0.717, 1.165) is 23.5 Å². The molecule has 1 saturated carbocycles. The summed E-state index contributed by atoms with van der Waals surface area (Å²) in [6.45, 7) is 5.58. The zero-order chi connectivity index (χ0) is 18.4. The van der Waals surface area contributed by atoms with Gasteiger partial charge in [0.25, 0.3) is 0 Å². The number of benzene rings is 1. The van der Waals surface area contributed by atoms with Gasteiger partial charge in [0.1, 0.15) is 5.82 Å². The number of hydrogen-bond acceptors (Lipinski definition) is 3.